The van der Waals surface area contributed by atoms with Crippen molar-refractivity contribution in [3.8, 4) is 0 Å². The predicted octanol–water partition coefficient (Wildman–Crippen LogP) is 1.52. The highest BCUT2D eigenvalue weighted by Gasteiger charge is 2.34. The normalized spacial score (nSPS) is 22.2. The molecular formula is C15H20FNO3. The largest absolute Gasteiger partial charge is 0.394 e. The van der Waals surface area contributed by atoms with Crippen molar-refractivity contribution in [3.63, 3.8) is 0 Å². The van der Waals surface area contributed by atoms with Crippen LogP contribution in [0.15, 0.2) is 30.3 Å². The van der Waals surface area contributed by atoms with Crippen molar-refractivity contribution in [2.24, 2.45) is 0 Å². The summed E-state index contributed by atoms with van der Waals surface area (Å²) in [5.74, 6) is -0.155. The molecule has 2 rings (SSSR count). The van der Waals surface area contributed by atoms with Gasteiger partial charge in [0.15, 0.2) is 0 Å². The van der Waals surface area contributed by atoms with Gasteiger partial charge in [0.2, 0.25) is 5.91 Å². The first-order valence-corrected chi connectivity index (χ1v) is 6.86. The Kier molecular flexibility index (Phi) is 5.49. The Hall–Kier alpha value is -1.46. The lowest BCUT2D eigenvalue weighted by Crippen LogP contribution is -2.38. The summed E-state index contributed by atoms with van der Waals surface area (Å²) in [7, 11) is 0. The molecule has 1 heterocycles. The topological polar surface area (TPSA) is 49.8 Å². The SMILES string of the molecule is O=C(CCOCc1ccccc1)N1C[C@@H](F)C[C@H]1CO. The van der Waals surface area contributed by atoms with Crippen molar-refractivity contribution in [3.05, 3.63) is 35.9 Å². The van der Waals surface area contributed by atoms with Gasteiger partial charge in [-0.05, 0) is 5.56 Å². The van der Waals surface area contributed by atoms with E-state index in [1.54, 1.807) is 0 Å². The lowest BCUT2D eigenvalue weighted by atomic mass is 10.2. The fraction of sp³-hybridized carbons (Fsp3) is 0.533. The molecule has 0 aliphatic carbocycles. The van der Waals surface area contributed by atoms with Crippen molar-refractivity contribution < 1.29 is 19.0 Å². The van der Waals surface area contributed by atoms with E-state index in [1.807, 2.05) is 30.3 Å². The molecule has 1 aliphatic rings. The van der Waals surface area contributed by atoms with Crippen molar-refractivity contribution in [2.75, 3.05) is 19.8 Å². The molecule has 0 bridgehead atoms. The van der Waals surface area contributed by atoms with Crippen LogP contribution in [0.4, 0.5) is 4.39 Å². The van der Waals surface area contributed by atoms with Gasteiger partial charge in [-0.1, -0.05) is 30.3 Å². The molecule has 1 amide bonds. The van der Waals surface area contributed by atoms with Gasteiger partial charge in [0, 0.05) is 6.42 Å². The quantitative estimate of drug-likeness (QED) is 0.804. The number of hydrogen-bond acceptors (Lipinski definition) is 3. The van der Waals surface area contributed by atoms with E-state index >= 15 is 0 Å². The monoisotopic (exact) mass is 281 g/mol. The third kappa shape index (κ3) is 4.02. The Morgan fingerprint density at radius 3 is 2.85 bits per heavy atom. The van der Waals surface area contributed by atoms with Crippen LogP contribution in [0.3, 0.4) is 0 Å². The van der Waals surface area contributed by atoms with E-state index in [0.29, 0.717) is 13.2 Å². The minimum atomic E-state index is -1.03. The second-order valence-electron chi connectivity index (χ2n) is 5.00. The van der Waals surface area contributed by atoms with Crippen LogP contribution in [0.2, 0.25) is 0 Å². The van der Waals surface area contributed by atoms with Gasteiger partial charge in [-0.3, -0.25) is 4.79 Å². The van der Waals surface area contributed by atoms with E-state index < -0.39 is 6.17 Å². The average Bonchev–Trinajstić information content (AvgIpc) is 2.86. The summed E-state index contributed by atoms with van der Waals surface area (Å²) in [4.78, 5) is 13.4. The van der Waals surface area contributed by atoms with Crippen molar-refractivity contribution in [1.82, 2.24) is 4.90 Å². The van der Waals surface area contributed by atoms with E-state index in [-0.39, 0.29) is 37.9 Å². The fourth-order valence-corrected chi connectivity index (χ4v) is 2.41. The zero-order valence-corrected chi connectivity index (χ0v) is 11.4. The Bertz CT molecular complexity index is 426. The predicted molar refractivity (Wildman–Crippen MR) is 72.8 cm³/mol. The van der Waals surface area contributed by atoms with Gasteiger partial charge in [0.1, 0.15) is 6.17 Å². The molecule has 0 radical (unpaired) electrons. The van der Waals surface area contributed by atoms with Gasteiger partial charge in [-0.2, -0.15) is 0 Å². The summed E-state index contributed by atoms with van der Waals surface area (Å²) in [6, 6.07) is 9.33. The van der Waals surface area contributed by atoms with Gasteiger partial charge >= 0.3 is 0 Å². The van der Waals surface area contributed by atoms with Crippen LogP contribution in [-0.4, -0.2) is 47.9 Å². The molecule has 4 nitrogen and oxygen atoms in total. The highest BCUT2D eigenvalue weighted by molar-refractivity contribution is 5.77. The first-order valence-electron chi connectivity index (χ1n) is 6.86. The van der Waals surface area contributed by atoms with Crippen LogP contribution in [0.5, 0.6) is 0 Å². The number of aliphatic hydroxyl groups excluding tert-OH is 1. The number of halogens is 1. The van der Waals surface area contributed by atoms with Crippen molar-refractivity contribution in [2.45, 2.75) is 31.7 Å². The number of benzene rings is 1. The molecule has 1 aromatic rings. The third-order valence-electron chi connectivity index (χ3n) is 3.47. The highest BCUT2D eigenvalue weighted by atomic mass is 19.1. The van der Waals surface area contributed by atoms with E-state index in [0.717, 1.165) is 5.56 Å². The zero-order chi connectivity index (χ0) is 14.4. The number of hydrogen-bond donors (Lipinski definition) is 1. The molecule has 2 atom stereocenters. The molecule has 0 aromatic heterocycles. The van der Waals surface area contributed by atoms with Gasteiger partial charge in [0.25, 0.3) is 0 Å². The highest BCUT2D eigenvalue weighted by Crippen LogP contribution is 2.20. The first-order chi connectivity index (χ1) is 9.70. The molecule has 0 saturated carbocycles. The van der Waals surface area contributed by atoms with Crippen LogP contribution in [-0.2, 0) is 16.1 Å². The smallest absolute Gasteiger partial charge is 0.225 e. The lowest BCUT2D eigenvalue weighted by Gasteiger charge is -2.22. The number of alkyl halides is 1. The Labute approximate surface area is 118 Å². The molecule has 0 spiro atoms. The molecular weight excluding hydrogens is 261 g/mol. The van der Waals surface area contributed by atoms with Gasteiger partial charge in [0.05, 0.1) is 38.8 Å². The Balaban J connectivity index is 1.70. The maximum Gasteiger partial charge on any atom is 0.225 e. The maximum absolute atomic E-state index is 13.2. The van der Waals surface area contributed by atoms with Crippen molar-refractivity contribution in [1.29, 1.82) is 0 Å². The summed E-state index contributed by atoms with van der Waals surface area (Å²) in [6.07, 6.45) is -0.579. The summed E-state index contributed by atoms with van der Waals surface area (Å²) in [6.45, 7) is 0.669. The number of ether oxygens (including phenoxy) is 1. The number of rotatable bonds is 6. The molecule has 1 aromatic carbocycles. The van der Waals surface area contributed by atoms with Crippen LogP contribution < -0.4 is 0 Å². The van der Waals surface area contributed by atoms with Crippen LogP contribution in [0.1, 0.15) is 18.4 Å². The zero-order valence-electron chi connectivity index (χ0n) is 11.4. The molecule has 110 valence electrons. The first kappa shape index (κ1) is 14.9. The fourth-order valence-electron chi connectivity index (χ4n) is 2.41. The van der Waals surface area contributed by atoms with Crippen molar-refractivity contribution >= 4 is 5.91 Å². The minimum absolute atomic E-state index is 0.0861. The number of carbonyl (C=O) groups excluding carboxylic acids is 1. The summed E-state index contributed by atoms with van der Waals surface area (Å²) in [5.41, 5.74) is 1.05. The van der Waals surface area contributed by atoms with E-state index in [2.05, 4.69) is 0 Å². The van der Waals surface area contributed by atoms with Gasteiger partial charge in [-0.25, -0.2) is 4.39 Å². The summed E-state index contributed by atoms with van der Waals surface area (Å²) < 4.78 is 18.7. The second-order valence-corrected chi connectivity index (χ2v) is 5.00. The molecule has 1 N–H and O–H groups in total. The second kappa shape index (κ2) is 7.36. The third-order valence-corrected chi connectivity index (χ3v) is 3.47. The number of amides is 1. The maximum atomic E-state index is 13.2. The Morgan fingerprint density at radius 2 is 2.15 bits per heavy atom. The number of likely N-dealkylation sites (tertiary alicyclic amines) is 1. The van der Waals surface area contributed by atoms with E-state index in [4.69, 9.17) is 9.84 Å². The average molecular weight is 281 g/mol. The van der Waals surface area contributed by atoms with Crippen LogP contribution >= 0.6 is 0 Å². The van der Waals surface area contributed by atoms with Gasteiger partial charge in [-0.15, -0.1) is 0 Å². The lowest BCUT2D eigenvalue weighted by molar-refractivity contribution is -0.134. The molecule has 1 aliphatic heterocycles. The molecule has 1 saturated heterocycles. The number of nitrogens with zero attached hydrogens (tertiary/aromatic N) is 1. The molecule has 1 fully saturated rings. The van der Waals surface area contributed by atoms with Crippen LogP contribution in [0, 0.1) is 0 Å². The molecule has 20 heavy (non-hydrogen) atoms. The molecule has 0 unspecified atom stereocenters. The van der Waals surface area contributed by atoms with Gasteiger partial charge < -0.3 is 14.7 Å². The van der Waals surface area contributed by atoms with E-state index in [1.165, 1.54) is 4.90 Å². The van der Waals surface area contributed by atoms with Crippen LogP contribution in [0.25, 0.3) is 0 Å². The number of carbonyl (C=O) groups is 1. The van der Waals surface area contributed by atoms with E-state index in [9.17, 15) is 9.18 Å². The standard InChI is InChI=1S/C15H20FNO3/c16-13-8-14(10-18)17(9-13)15(19)6-7-20-11-12-4-2-1-3-5-12/h1-5,13-14,18H,6-11H2/t13-,14-/m0/s1. The molecule has 5 heteroatoms. The summed E-state index contributed by atoms with van der Waals surface area (Å²) >= 11 is 0. The Morgan fingerprint density at radius 1 is 1.40 bits per heavy atom. The number of aliphatic hydroxyl groups is 1. The minimum Gasteiger partial charge on any atom is -0.394 e. The summed E-state index contributed by atoms with van der Waals surface area (Å²) in [5, 5.41) is 9.13.